The summed E-state index contributed by atoms with van der Waals surface area (Å²) in [5, 5.41) is 0. The van der Waals surface area contributed by atoms with Gasteiger partial charge in [-0.2, -0.15) is 13.2 Å². The quantitative estimate of drug-likeness (QED) is 0.536. The molecule has 0 aliphatic carbocycles. The molecule has 5 nitrogen and oxygen atoms in total. The van der Waals surface area contributed by atoms with E-state index in [4.69, 9.17) is 9.47 Å². The molecule has 1 fully saturated rings. The summed E-state index contributed by atoms with van der Waals surface area (Å²) in [6, 6.07) is 11.3. The van der Waals surface area contributed by atoms with Crippen LogP contribution in [0.3, 0.4) is 0 Å². The highest BCUT2D eigenvalue weighted by atomic mass is 19.4. The minimum atomic E-state index is -4.31. The van der Waals surface area contributed by atoms with Crippen molar-refractivity contribution < 1.29 is 27.4 Å². The summed E-state index contributed by atoms with van der Waals surface area (Å²) in [6.45, 7) is 11.3. The van der Waals surface area contributed by atoms with Gasteiger partial charge in [-0.1, -0.05) is 12.1 Å². The SMILES string of the molecule is CCOC(=O)C(C)(C)Oc1ccc(CN2CCN(c3ccc(C(F)(F)F)cc3)CC2)cc1C. The van der Waals surface area contributed by atoms with E-state index in [-0.39, 0.29) is 0 Å². The van der Waals surface area contributed by atoms with Crippen molar-refractivity contribution in [2.24, 2.45) is 0 Å². The lowest BCUT2D eigenvalue weighted by Crippen LogP contribution is -2.46. The first-order valence-electron chi connectivity index (χ1n) is 11.1. The van der Waals surface area contributed by atoms with Gasteiger partial charge in [-0.05, 0) is 69.2 Å². The van der Waals surface area contributed by atoms with Gasteiger partial charge < -0.3 is 14.4 Å². The number of rotatable bonds is 7. The summed E-state index contributed by atoms with van der Waals surface area (Å²) < 4.78 is 49.3. The average molecular weight is 465 g/mol. The molecule has 0 bridgehead atoms. The Morgan fingerprint density at radius 2 is 1.64 bits per heavy atom. The van der Waals surface area contributed by atoms with Gasteiger partial charge in [0.1, 0.15) is 5.75 Å². The van der Waals surface area contributed by atoms with E-state index >= 15 is 0 Å². The second-order valence-corrected chi connectivity index (χ2v) is 8.74. The van der Waals surface area contributed by atoms with Crippen LogP contribution in [0.4, 0.5) is 18.9 Å². The van der Waals surface area contributed by atoms with Gasteiger partial charge in [-0.3, -0.25) is 4.90 Å². The largest absolute Gasteiger partial charge is 0.476 e. The summed E-state index contributed by atoms with van der Waals surface area (Å²) in [7, 11) is 0. The first kappa shape index (κ1) is 24.9. The Morgan fingerprint density at radius 1 is 1.00 bits per heavy atom. The monoisotopic (exact) mass is 464 g/mol. The van der Waals surface area contributed by atoms with Gasteiger partial charge >= 0.3 is 12.1 Å². The van der Waals surface area contributed by atoms with E-state index in [9.17, 15) is 18.0 Å². The fourth-order valence-electron chi connectivity index (χ4n) is 3.83. The van der Waals surface area contributed by atoms with E-state index in [2.05, 4.69) is 15.9 Å². The lowest BCUT2D eigenvalue weighted by atomic mass is 10.1. The number of esters is 1. The summed E-state index contributed by atoms with van der Waals surface area (Å²) in [6.07, 6.45) is -4.31. The normalized spacial score (nSPS) is 15.4. The van der Waals surface area contributed by atoms with E-state index in [1.807, 2.05) is 19.1 Å². The number of ether oxygens (including phenoxy) is 2. The van der Waals surface area contributed by atoms with Crippen molar-refractivity contribution in [1.82, 2.24) is 4.90 Å². The van der Waals surface area contributed by atoms with Crippen LogP contribution >= 0.6 is 0 Å². The molecule has 8 heteroatoms. The van der Waals surface area contributed by atoms with Crippen LogP contribution in [0.25, 0.3) is 0 Å². The molecule has 1 heterocycles. The number of halogens is 3. The zero-order chi connectivity index (χ0) is 24.2. The Labute approximate surface area is 193 Å². The average Bonchev–Trinajstić information content (AvgIpc) is 2.76. The molecule has 0 amide bonds. The Hall–Kier alpha value is -2.74. The molecule has 0 unspecified atom stereocenters. The molecule has 1 aliphatic heterocycles. The van der Waals surface area contributed by atoms with Crippen molar-refractivity contribution in [3.05, 3.63) is 59.2 Å². The number of aryl methyl sites for hydroxylation is 1. The van der Waals surface area contributed by atoms with Gasteiger partial charge in [0, 0.05) is 38.4 Å². The fourth-order valence-corrected chi connectivity index (χ4v) is 3.83. The number of hydrogen-bond donors (Lipinski definition) is 0. The Bertz CT molecular complexity index is 950. The first-order chi connectivity index (χ1) is 15.5. The highest BCUT2D eigenvalue weighted by Crippen LogP contribution is 2.31. The molecule has 0 N–H and O–H groups in total. The van der Waals surface area contributed by atoms with Crippen molar-refractivity contribution in [2.45, 2.75) is 46.0 Å². The van der Waals surface area contributed by atoms with Crippen LogP contribution in [0.1, 0.15) is 37.5 Å². The van der Waals surface area contributed by atoms with Crippen LogP contribution in [0.15, 0.2) is 42.5 Å². The molecule has 0 radical (unpaired) electrons. The molecule has 2 aromatic rings. The van der Waals surface area contributed by atoms with Crippen LogP contribution in [-0.4, -0.2) is 49.3 Å². The number of hydrogen-bond acceptors (Lipinski definition) is 5. The third kappa shape index (κ3) is 6.41. The molecule has 0 aromatic heterocycles. The topological polar surface area (TPSA) is 42.0 Å². The maximum atomic E-state index is 12.8. The molecule has 2 aromatic carbocycles. The third-order valence-corrected chi connectivity index (χ3v) is 5.71. The number of piperazine rings is 1. The summed E-state index contributed by atoms with van der Waals surface area (Å²) in [5.74, 6) is 0.239. The molecule has 0 atom stereocenters. The number of carbonyl (C=O) groups is 1. The van der Waals surface area contributed by atoms with Gasteiger partial charge in [-0.25, -0.2) is 4.79 Å². The molecule has 0 saturated carbocycles. The van der Waals surface area contributed by atoms with Crippen LogP contribution in [0.2, 0.25) is 0 Å². The zero-order valence-corrected chi connectivity index (χ0v) is 19.5. The minimum absolute atomic E-state index is 0.301. The molecule has 33 heavy (non-hydrogen) atoms. The van der Waals surface area contributed by atoms with E-state index in [0.29, 0.717) is 12.4 Å². The van der Waals surface area contributed by atoms with Gasteiger partial charge in [0.15, 0.2) is 5.60 Å². The van der Waals surface area contributed by atoms with Crippen molar-refractivity contribution in [2.75, 3.05) is 37.7 Å². The van der Waals surface area contributed by atoms with Crippen LogP contribution < -0.4 is 9.64 Å². The predicted octanol–water partition coefficient (Wildman–Crippen LogP) is 5.06. The second kappa shape index (κ2) is 10.0. The highest BCUT2D eigenvalue weighted by molar-refractivity contribution is 5.79. The summed E-state index contributed by atoms with van der Waals surface area (Å²) in [5.41, 5.74) is 1.18. The number of benzene rings is 2. The number of anilines is 1. The summed E-state index contributed by atoms with van der Waals surface area (Å²) in [4.78, 5) is 16.5. The predicted molar refractivity (Wildman–Crippen MR) is 121 cm³/mol. The molecular weight excluding hydrogens is 433 g/mol. The Kier molecular flexibility index (Phi) is 7.57. The van der Waals surface area contributed by atoms with Gasteiger partial charge in [0.2, 0.25) is 0 Å². The smallest absolute Gasteiger partial charge is 0.416 e. The van der Waals surface area contributed by atoms with Crippen LogP contribution in [0.5, 0.6) is 5.75 Å². The lowest BCUT2D eigenvalue weighted by Gasteiger charge is -2.36. The van der Waals surface area contributed by atoms with Crippen molar-refractivity contribution in [1.29, 1.82) is 0 Å². The van der Waals surface area contributed by atoms with Crippen molar-refractivity contribution >= 4 is 11.7 Å². The summed E-state index contributed by atoms with van der Waals surface area (Å²) >= 11 is 0. The van der Waals surface area contributed by atoms with E-state index in [0.717, 1.165) is 61.7 Å². The molecule has 1 saturated heterocycles. The molecule has 0 spiro atoms. The van der Waals surface area contributed by atoms with Gasteiger partial charge in [-0.15, -0.1) is 0 Å². The molecule has 180 valence electrons. The lowest BCUT2D eigenvalue weighted by molar-refractivity contribution is -0.158. The van der Waals surface area contributed by atoms with Crippen LogP contribution in [-0.2, 0) is 22.3 Å². The van der Waals surface area contributed by atoms with Crippen molar-refractivity contribution in [3.63, 3.8) is 0 Å². The van der Waals surface area contributed by atoms with E-state index < -0.39 is 23.3 Å². The maximum Gasteiger partial charge on any atom is 0.416 e. The van der Waals surface area contributed by atoms with E-state index in [1.54, 1.807) is 32.9 Å². The second-order valence-electron chi connectivity index (χ2n) is 8.74. The molecular formula is C25H31F3N2O3. The Balaban J connectivity index is 1.55. The Morgan fingerprint density at radius 3 is 2.18 bits per heavy atom. The van der Waals surface area contributed by atoms with E-state index in [1.165, 1.54) is 0 Å². The molecule has 3 rings (SSSR count). The first-order valence-corrected chi connectivity index (χ1v) is 11.1. The minimum Gasteiger partial charge on any atom is -0.476 e. The number of nitrogens with zero attached hydrogens (tertiary/aromatic N) is 2. The fraction of sp³-hybridized carbons (Fsp3) is 0.480. The van der Waals surface area contributed by atoms with Crippen molar-refractivity contribution in [3.8, 4) is 5.75 Å². The zero-order valence-electron chi connectivity index (χ0n) is 19.5. The third-order valence-electron chi connectivity index (χ3n) is 5.71. The standard InChI is InChI=1S/C25H31F3N2O3/c1-5-32-23(31)24(3,4)33-22-11-6-19(16-18(22)2)17-29-12-14-30(15-13-29)21-9-7-20(8-10-21)25(26,27)28/h6-11,16H,5,12-15,17H2,1-4H3. The number of carbonyl (C=O) groups excluding carboxylic acids is 1. The van der Waals surface area contributed by atoms with Gasteiger partial charge in [0.05, 0.1) is 12.2 Å². The van der Waals surface area contributed by atoms with Gasteiger partial charge in [0.25, 0.3) is 0 Å². The van der Waals surface area contributed by atoms with Crippen LogP contribution in [0, 0.1) is 6.92 Å². The molecule has 1 aliphatic rings. The highest BCUT2D eigenvalue weighted by Gasteiger charge is 2.32. The number of alkyl halides is 3. The maximum absolute atomic E-state index is 12.8.